The smallest absolute Gasteiger partial charge is 0.124 e. The number of hydrogen-bond donors (Lipinski definition) is 2. The molecule has 0 saturated heterocycles. The summed E-state index contributed by atoms with van der Waals surface area (Å²) in [5, 5.41) is 8.10. The van der Waals surface area contributed by atoms with Gasteiger partial charge in [-0.2, -0.15) is 0 Å². The number of nitrogens with zero attached hydrogens (tertiary/aromatic N) is 1. The van der Waals surface area contributed by atoms with Crippen LogP contribution in [0.15, 0.2) is 18.2 Å². The van der Waals surface area contributed by atoms with E-state index in [-0.39, 0.29) is 5.84 Å². The Bertz CT molecular complexity index is 363. The highest BCUT2D eigenvalue weighted by Crippen LogP contribution is 2.23. The number of anilines is 1. The van der Waals surface area contributed by atoms with Gasteiger partial charge >= 0.3 is 0 Å². The number of amidine groups is 1. The van der Waals surface area contributed by atoms with E-state index in [9.17, 15) is 0 Å². The normalized spacial score (nSPS) is 10.1. The Hall–Kier alpha value is -1.22. The zero-order valence-electron chi connectivity index (χ0n) is 9.05. The van der Waals surface area contributed by atoms with E-state index in [0.29, 0.717) is 10.6 Å². The van der Waals surface area contributed by atoms with Gasteiger partial charge in [0.25, 0.3) is 0 Å². The largest absolute Gasteiger partial charge is 0.384 e. The van der Waals surface area contributed by atoms with Crippen LogP contribution in [0.3, 0.4) is 0 Å². The molecule has 82 valence electrons. The summed E-state index contributed by atoms with van der Waals surface area (Å²) in [5.41, 5.74) is 7.16. The van der Waals surface area contributed by atoms with Crippen molar-refractivity contribution in [2.24, 2.45) is 5.73 Å². The van der Waals surface area contributed by atoms with Crippen molar-refractivity contribution in [2.75, 3.05) is 18.5 Å². The highest BCUT2D eigenvalue weighted by atomic mass is 35.5. The van der Waals surface area contributed by atoms with E-state index in [1.54, 1.807) is 6.07 Å². The minimum absolute atomic E-state index is 0.0513. The highest BCUT2D eigenvalue weighted by molar-refractivity contribution is 6.31. The van der Waals surface area contributed by atoms with Crippen LogP contribution in [0.1, 0.15) is 18.9 Å². The number of hydrogen-bond acceptors (Lipinski definition) is 2. The maximum Gasteiger partial charge on any atom is 0.124 e. The fourth-order valence-corrected chi connectivity index (χ4v) is 1.68. The molecule has 15 heavy (non-hydrogen) atoms. The van der Waals surface area contributed by atoms with Gasteiger partial charge in [0, 0.05) is 29.9 Å². The Kier molecular flexibility index (Phi) is 3.97. The Morgan fingerprint density at radius 3 is 2.73 bits per heavy atom. The molecule has 0 amide bonds. The van der Waals surface area contributed by atoms with Gasteiger partial charge in [0.05, 0.1) is 0 Å². The topological polar surface area (TPSA) is 53.1 Å². The summed E-state index contributed by atoms with van der Waals surface area (Å²) in [5.74, 6) is 0.0513. The first-order chi connectivity index (χ1) is 7.06. The van der Waals surface area contributed by atoms with Crippen LogP contribution in [-0.2, 0) is 0 Å². The minimum Gasteiger partial charge on any atom is -0.384 e. The van der Waals surface area contributed by atoms with Crippen LogP contribution in [0, 0.1) is 5.41 Å². The van der Waals surface area contributed by atoms with Gasteiger partial charge in [0.1, 0.15) is 5.84 Å². The second-order valence-corrected chi connectivity index (χ2v) is 3.93. The lowest BCUT2D eigenvalue weighted by atomic mass is 10.1. The van der Waals surface area contributed by atoms with Crippen molar-refractivity contribution in [3.05, 3.63) is 28.8 Å². The average Bonchev–Trinajstić information content (AvgIpc) is 2.17. The van der Waals surface area contributed by atoms with E-state index in [1.165, 1.54) is 0 Å². The van der Waals surface area contributed by atoms with E-state index in [2.05, 4.69) is 11.8 Å². The first-order valence-electron chi connectivity index (χ1n) is 4.91. The van der Waals surface area contributed by atoms with Crippen LogP contribution in [0.25, 0.3) is 0 Å². The lowest BCUT2D eigenvalue weighted by molar-refractivity contribution is 0.851. The summed E-state index contributed by atoms with van der Waals surface area (Å²) in [7, 11) is 1.99. The quantitative estimate of drug-likeness (QED) is 0.611. The van der Waals surface area contributed by atoms with Gasteiger partial charge in [-0.25, -0.2) is 0 Å². The number of rotatable bonds is 4. The van der Waals surface area contributed by atoms with Crippen LogP contribution in [0.4, 0.5) is 5.69 Å². The van der Waals surface area contributed by atoms with E-state index < -0.39 is 0 Å². The van der Waals surface area contributed by atoms with Gasteiger partial charge in [-0.3, -0.25) is 5.41 Å². The molecule has 0 aliphatic carbocycles. The predicted octanol–water partition coefficient (Wildman–Crippen LogP) is 2.47. The van der Waals surface area contributed by atoms with Crippen molar-refractivity contribution in [3.63, 3.8) is 0 Å². The van der Waals surface area contributed by atoms with E-state index in [0.717, 1.165) is 18.7 Å². The third-order valence-corrected chi connectivity index (χ3v) is 2.45. The van der Waals surface area contributed by atoms with Crippen molar-refractivity contribution in [3.8, 4) is 0 Å². The predicted molar refractivity (Wildman–Crippen MR) is 66.0 cm³/mol. The molecule has 0 radical (unpaired) electrons. The van der Waals surface area contributed by atoms with Crippen LogP contribution in [-0.4, -0.2) is 19.4 Å². The molecule has 0 atom stereocenters. The Morgan fingerprint density at radius 2 is 2.20 bits per heavy atom. The molecule has 1 aromatic rings. The molecule has 3 N–H and O–H groups in total. The number of nitrogens with one attached hydrogen (secondary N) is 1. The molecule has 1 aromatic carbocycles. The number of halogens is 1. The third-order valence-electron chi connectivity index (χ3n) is 2.22. The molecule has 0 fully saturated rings. The molecule has 0 aliphatic rings. The van der Waals surface area contributed by atoms with E-state index in [4.69, 9.17) is 22.7 Å². The van der Waals surface area contributed by atoms with Crippen LogP contribution in [0.5, 0.6) is 0 Å². The minimum atomic E-state index is 0.0513. The zero-order valence-corrected chi connectivity index (χ0v) is 9.80. The summed E-state index contributed by atoms with van der Waals surface area (Å²) in [4.78, 5) is 2.08. The summed E-state index contributed by atoms with van der Waals surface area (Å²) in [6, 6.07) is 5.44. The van der Waals surface area contributed by atoms with Crippen molar-refractivity contribution >= 4 is 23.1 Å². The zero-order chi connectivity index (χ0) is 11.4. The lowest BCUT2D eigenvalue weighted by Crippen LogP contribution is -2.22. The molecule has 1 rings (SSSR count). The molecule has 0 aromatic heterocycles. The maximum absolute atomic E-state index is 7.49. The Balaban J connectivity index is 3.10. The Labute approximate surface area is 95.3 Å². The first kappa shape index (κ1) is 11.9. The van der Waals surface area contributed by atoms with Gasteiger partial charge in [-0.15, -0.1) is 0 Å². The molecule has 3 nitrogen and oxygen atoms in total. The van der Waals surface area contributed by atoms with Gasteiger partial charge in [-0.05, 0) is 24.6 Å². The molecule has 0 saturated carbocycles. The molecule has 0 unspecified atom stereocenters. The highest BCUT2D eigenvalue weighted by Gasteiger charge is 2.09. The molecule has 0 aliphatic heterocycles. The summed E-state index contributed by atoms with van der Waals surface area (Å²) < 4.78 is 0. The second-order valence-electron chi connectivity index (χ2n) is 3.50. The van der Waals surface area contributed by atoms with Gasteiger partial charge in [0.2, 0.25) is 0 Å². The molecule has 4 heteroatoms. The van der Waals surface area contributed by atoms with Crippen molar-refractivity contribution < 1.29 is 0 Å². The van der Waals surface area contributed by atoms with Gasteiger partial charge < -0.3 is 10.6 Å². The fourth-order valence-electron chi connectivity index (χ4n) is 1.51. The fraction of sp³-hybridized carbons (Fsp3) is 0.364. The van der Waals surface area contributed by atoms with Crippen LogP contribution in [0.2, 0.25) is 5.02 Å². The second kappa shape index (κ2) is 5.03. The Morgan fingerprint density at radius 1 is 1.53 bits per heavy atom. The molecular weight excluding hydrogens is 210 g/mol. The first-order valence-corrected chi connectivity index (χ1v) is 5.29. The molecule has 0 bridgehead atoms. The van der Waals surface area contributed by atoms with Gasteiger partial charge in [-0.1, -0.05) is 18.5 Å². The van der Waals surface area contributed by atoms with Crippen molar-refractivity contribution in [1.29, 1.82) is 5.41 Å². The number of nitrogens with two attached hydrogens (primary N) is 1. The van der Waals surface area contributed by atoms with Crippen LogP contribution < -0.4 is 10.6 Å². The van der Waals surface area contributed by atoms with E-state index >= 15 is 0 Å². The van der Waals surface area contributed by atoms with Crippen LogP contribution >= 0.6 is 11.6 Å². The maximum atomic E-state index is 7.49. The van der Waals surface area contributed by atoms with E-state index in [1.807, 2.05) is 19.2 Å². The number of benzene rings is 1. The summed E-state index contributed by atoms with van der Waals surface area (Å²) in [6.45, 7) is 3.04. The van der Waals surface area contributed by atoms with Gasteiger partial charge in [0.15, 0.2) is 0 Å². The average molecular weight is 226 g/mol. The molecule has 0 heterocycles. The third kappa shape index (κ3) is 2.86. The monoisotopic (exact) mass is 225 g/mol. The summed E-state index contributed by atoms with van der Waals surface area (Å²) >= 11 is 5.87. The standard InChI is InChI=1S/C11H16ClN3/c1-3-6-15(2)10-5-4-8(12)7-9(10)11(13)14/h4-5,7H,3,6H2,1-2H3,(H3,13,14). The van der Waals surface area contributed by atoms with Crippen molar-refractivity contribution in [1.82, 2.24) is 0 Å². The molecule has 0 spiro atoms. The number of nitrogen functional groups attached to an aromatic ring is 1. The summed E-state index contributed by atoms with van der Waals surface area (Å²) in [6.07, 6.45) is 1.05. The SMILES string of the molecule is CCCN(C)c1ccc(Cl)cc1C(=N)N. The molecular formula is C11H16ClN3. The lowest BCUT2D eigenvalue weighted by Gasteiger charge is -2.21. The van der Waals surface area contributed by atoms with Crippen molar-refractivity contribution in [2.45, 2.75) is 13.3 Å².